The molecular formula is C21H19N3O3. The lowest BCUT2D eigenvalue weighted by Gasteiger charge is -2.11. The number of nitrogens with one attached hydrogen (secondary N) is 2. The van der Waals surface area contributed by atoms with Gasteiger partial charge in [-0.1, -0.05) is 30.3 Å². The quantitative estimate of drug-likeness (QED) is 0.718. The van der Waals surface area contributed by atoms with Gasteiger partial charge in [-0.05, 0) is 48.4 Å². The summed E-state index contributed by atoms with van der Waals surface area (Å²) in [5.41, 5.74) is 2.26. The van der Waals surface area contributed by atoms with Crippen LogP contribution in [-0.4, -0.2) is 16.9 Å². The summed E-state index contributed by atoms with van der Waals surface area (Å²) in [7, 11) is 0. The third kappa shape index (κ3) is 5.40. The number of carbonyl (C=O) groups is 2. The van der Waals surface area contributed by atoms with E-state index in [1.807, 2.05) is 43.3 Å². The molecule has 0 aliphatic carbocycles. The number of hydrogen-bond acceptors (Lipinski definition) is 4. The molecule has 0 fully saturated rings. The van der Waals surface area contributed by atoms with Crippen LogP contribution in [0.15, 0.2) is 73.1 Å². The molecule has 1 heterocycles. The Morgan fingerprint density at radius 1 is 0.963 bits per heavy atom. The Morgan fingerprint density at radius 3 is 2.41 bits per heavy atom. The van der Waals surface area contributed by atoms with Crippen molar-refractivity contribution in [3.05, 3.63) is 84.2 Å². The van der Waals surface area contributed by atoms with E-state index in [9.17, 15) is 9.59 Å². The highest BCUT2D eigenvalue weighted by Gasteiger charge is 2.10. The highest BCUT2D eigenvalue weighted by atomic mass is 16.5. The molecule has 0 saturated carbocycles. The molecule has 6 heteroatoms. The molecule has 0 radical (unpaired) electrons. The third-order valence-electron chi connectivity index (χ3n) is 3.79. The van der Waals surface area contributed by atoms with E-state index in [2.05, 4.69) is 15.6 Å². The molecule has 2 aromatic carbocycles. The van der Waals surface area contributed by atoms with Gasteiger partial charge >= 0.3 is 6.03 Å². The topological polar surface area (TPSA) is 80.3 Å². The molecule has 6 nitrogen and oxygen atoms in total. The minimum Gasteiger partial charge on any atom is -0.457 e. The number of rotatable bonds is 5. The maximum absolute atomic E-state index is 12.1. The normalized spacial score (nSPS) is 10.1. The monoisotopic (exact) mass is 361 g/mol. The molecular weight excluding hydrogens is 342 g/mol. The maximum Gasteiger partial charge on any atom is 0.325 e. The highest BCUT2D eigenvalue weighted by Crippen LogP contribution is 2.25. The fourth-order valence-corrected chi connectivity index (χ4v) is 2.49. The van der Waals surface area contributed by atoms with Crippen molar-refractivity contribution in [3.63, 3.8) is 0 Å². The summed E-state index contributed by atoms with van der Waals surface area (Å²) >= 11 is 0. The second-order valence-corrected chi connectivity index (χ2v) is 5.93. The predicted octanol–water partition coefficient (Wildman–Crippen LogP) is 4.07. The van der Waals surface area contributed by atoms with Gasteiger partial charge in [0.15, 0.2) is 0 Å². The molecule has 0 spiro atoms. The Hall–Kier alpha value is -3.67. The fourth-order valence-electron chi connectivity index (χ4n) is 2.49. The number of anilines is 1. The average molecular weight is 361 g/mol. The van der Waals surface area contributed by atoms with E-state index in [0.717, 1.165) is 11.1 Å². The predicted molar refractivity (Wildman–Crippen MR) is 103 cm³/mol. The fraction of sp³-hybridized carbons (Fsp3) is 0.0952. The van der Waals surface area contributed by atoms with Gasteiger partial charge < -0.3 is 10.1 Å². The Labute approximate surface area is 157 Å². The van der Waals surface area contributed by atoms with Crippen molar-refractivity contribution in [1.82, 2.24) is 10.3 Å². The van der Waals surface area contributed by atoms with Gasteiger partial charge in [-0.2, -0.15) is 0 Å². The zero-order valence-corrected chi connectivity index (χ0v) is 14.8. The molecule has 0 unspecified atom stereocenters. The van der Waals surface area contributed by atoms with Crippen molar-refractivity contribution in [2.45, 2.75) is 13.3 Å². The number of amides is 3. The highest BCUT2D eigenvalue weighted by molar-refractivity contribution is 6.02. The molecule has 0 bridgehead atoms. The molecule has 0 atom stereocenters. The first-order valence-corrected chi connectivity index (χ1v) is 8.43. The average Bonchev–Trinajstić information content (AvgIpc) is 2.65. The van der Waals surface area contributed by atoms with Crippen LogP contribution in [0.4, 0.5) is 10.5 Å². The number of benzene rings is 2. The van der Waals surface area contributed by atoms with Gasteiger partial charge in [0.1, 0.15) is 11.5 Å². The molecule has 0 aliphatic heterocycles. The van der Waals surface area contributed by atoms with Crippen LogP contribution >= 0.6 is 0 Å². The summed E-state index contributed by atoms with van der Waals surface area (Å²) in [6.07, 6.45) is 3.44. The molecule has 3 rings (SSSR count). The molecule has 1 aromatic heterocycles. The first-order valence-electron chi connectivity index (χ1n) is 8.43. The van der Waals surface area contributed by atoms with Crippen molar-refractivity contribution in [1.29, 1.82) is 0 Å². The van der Waals surface area contributed by atoms with Crippen LogP contribution in [0.5, 0.6) is 11.5 Å². The number of pyridine rings is 1. The van der Waals surface area contributed by atoms with Crippen molar-refractivity contribution in [3.8, 4) is 11.5 Å². The van der Waals surface area contributed by atoms with E-state index in [1.165, 1.54) is 0 Å². The van der Waals surface area contributed by atoms with E-state index in [4.69, 9.17) is 4.74 Å². The second-order valence-electron chi connectivity index (χ2n) is 5.93. The molecule has 27 heavy (non-hydrogen) atoms. The maximum atomic E-state index is 12.1. The van der Waals surface area contributed by atoms with E-state index in [1.54, 1.807) is 36.7 Å². The second kappa shape index (κ2) is 8.62. The zero-order chi connectivity index (χ0) is 19.1. The van der Waals surface area contributed by atoms with Crippen molar-refractivity contribution < 1.29 is 14.3 Å². The van der Waals surface area contributed by atoms with Crippen molar-refractivity contribution >= 4 is 17.6 Å². The van der Waals surface area contributed by atoms with Gasteiger partial charge in [0.05, 0.1) is 6.42 Å². The Bertz CT molecular complexity index is 928. The number of urea groups is 1. The number of aryl methyl sites for hydroxylation is 1. The van der Waals surface area contributed by atoms with E-state index in [0.29, 0.717) is 17.2 Å². The van der Waals surface area contributed by atoms with Crippen LogP contribution in [0.2, 0.25) is 0 Å². The lowest BCUT2D eigenvalue weighted by atomic mass is 10.1. The summed E-state index contributed by atoms with van der Waals surface area (Å²) in [6.45, 7) is 1.85. The molecule has 0 saturated heterocycles. The van der Waals surface area contributed by atoms with Crippen molar-refractivity contribution in [2.75, 3.05) is 5.32 Å². The lowest BCUT2D eigenvalue weighted by Crippen LogP contribution is -2.35. The zero-order valence-electron chi connectivity index (χ0n) is 14.8. The molecule has 0 aliphatic rings. The van der Waals surface area contributed by atoms with E-state index < -0.39 is 6.03 Å². The number of hydrogen-bond donors (Lipinski definition) is 2. The van der Waals surface area contributed by atoms with Gasteiger partial charge in [-0.25, -0.2) is 4.79 Å². The van der Waals surface area contributed by atoms with E-state index >= 15 is 0 Å². The number of aromatic nitrogens is 1. The number of ether oxygens (including phenoxy) is 1. The summed E-state index contributed by atoms with van der Waals surface area (Å²) in [6, 6.07) is 17.5. The van der Waals surface area contributed by atoms with E-state index in [-0.39, 0.29) is 12.3 Å². The summed E-state index contributed by atoms with van der Waals surface area (Å²) in [4.78, 5) is 28.0. The Balaban J connectivity index is 1.56. The molecule has 3 amide bonds. The van der Waals surface area contributed by atoms with Crippen LogP contribution < -0.4 is 15.4 Å². The minimum absolute atomic E-state index is 0.145. The minimum atomic E-state index is -0.568. The molecule has 2 N–H and O–H groups in total. The van der Waals surface area contributed by atoms with Gasteiger partial charge in [0.2, 0.25) is 5.91 Å². The number of nitrogens with zero attached hydrogens (tertiary/aromatic N) is 1. The largest absolute Gasteiger partial charge is 0.457 e. The van der Waals surface area contributed by atoms with Crippen molar-refractivity contribution in [2.24, 2.45) is 0 Å². The SMILES string of the molecule is Cc1cc(Oc2ccncc2)ccc1NC(=O)NC(=O)Cc1ccccc1. The van der Waals surface area contributed by atoms with Crippen LogP contribution in [0.25, 0.3) is 0 Å². The summed E-state index contributed by atoms with van der Waals surface area (Å²) in [5, 5.41) is 5.01. The Morgan fingerprint density at radius 2 is 1.70 bits per heavy atom. The number of imide groups is 1. The van der Waals surface area contributed by atoms with Gasteiger partial charge in [-0.15, -0.1) is 0 Å². The first kappa shape index (κ1) is 18.1. The van der Waals surface area contributed by atoms with Gasteiger partial charge in [0, 0.05) is 18.1 Å². The summed E-state index contributed by atoms with van der Waals surface area (Å²) in [5.74, 6) is 0.952. The van der Waals surface area contributed by atoms with Crippen LogP contribution in [0.3, 0.4) is 0 Å². The van der Waals surface area contributed by atoms with Crippen LogP contribution in [0, 0.1) is 6.92 Å². The number of carbonyl (C=O) groups excluding carboxylic acids is 2. The lowest BCUT2D eigenvalue weighted by molar-refractivity contribution is -0.119. The molecule has 3 aromatic rings. The summed E-state index contributed by atoms with van der Waals surface area (Å²) < 4.78 is 5.73. The standard InChI is InChI=1S/C21H19N3O3/c1-15-13-18(27-17-9-11-22-12-10-17)7-8-19(15)23-21(26)24-20(25)14-16-5-3-2-4-6-16/h2-13H,14H2,1H3,(H2,23,24,25,26). The van der Waals surface area contributed by atoms with Gasteiger partial charge in [-0.3, -0.25) is 15.1 Å². The van der Waals surface area contributed by atoms with Crippen LogP contribution in [-0.2, 0) is 11.2 Å². The third-order valence-corrected chi connectivity index (χ3v) is 3.79. The van der Waals surface area contributed by atoms with Crippen LogP contribution in [0.1, 0.15) is 11.1 Å². The smallest absolute Gasteiger partial charge is 0.325 e. The van der Waals surface area contributed by atoms with Gasteiger partial charge in [0.25, 0.3) is 0 Å². The molecule has 136 valence electrons. The Kier molecular flexibility index (Phi) is 5.79. The first-order chi connectivity index (χ1) is 13.1.